The Morgan fingerprint density at radius 2 is 1.96 bits per heavy atom. The van der Waals surface area contributed by atoms with E-state index in [0.29, 0.717) is 18.8 Å². The van der Waals surface area contributed by atoms with E-state index in [1.54, 1.807) is 12.0 Å². The monoisotopic (exact) mass is 379 g/mol. The summed E-state index contributed by atoms with van der Waals surface area (Å²) in [6.45, 7) is 0.899. The van der Waals surface area contributed by atoms with Crippen molar-refractivity contribution in [3.05, 3.63) is 65.9 Å². The molecule has 0 bridgehead atoms. The van der Waals surface area contributed by atoms with Crippen molar-refractivity contribution < 1.29 is 23.5 Å². The highest BCUT2D eigenvalue weighted by atomic mass is 16.5. The molecule has 144 valence electrons. The van der Waals surface area contributed by atoms with Crippen LogP contribution in [-0.4, -0.2) is 30.4 Å². The van der Waals surface area contributed by atoms with E-state index in [9.17, 15) is 9.59 Å². The number of carbonyl (C=O) groups excluding carboxylic acids is 2. The van der Waals surface area contributed by atoms with Crippen molar-refractivity contribution in [3.8, 4) is 5.75 Å². The number of amides is 1. The van der Waals surface area contributed by atoms with Gasteiger partial charge in [-0.25, -0.2) is 0 Å². The zero-order chi connectivity index (χ0) is 19.5. The van der Waals surface area contributed by atoms with Crippen molar-refractivity contribution in [2.75, 3.05) is 13.7 Å². The number of rotatable bonds is 6. The van der Waals surface area contributed by atoms with Gasteiger partial charge in [0.2, 0.25) is 5.91 Å². The van der Waals surface area contributed by atoms with E-state index in [4.69, 9.17) is 13.9 Å². The maximum atomic E-state index is 12.4. The van der Waals surface area contributed by atoms with Crippen LogP contribution in [0.4, 0.5) is 0 Å². The summed E-state index contributed by atoms with van der Waals surface area (Å²) < 4.78 is 16.2. The second-order valence-corrected chi connectivity index (χ2v) is 6.88. The van der Waals surface area contributed by atoms with Crippen LogP contribution in [0, 0.1) is 5.92 Å². The van der Waals surface area contributed by atoms with Gasteiger partial charge in [0.25, 0.3) is 0 Å². The Labute approximate surface area is 162 Å². The minimum atomic E-state index is -0.449. The highest BCUT2D eigenvalue weighted by molar-refractivity contribution is 5.86. The standard InChI is InChI=1S/C22H21NO5/c1-26-18-8-6-15(7-9-18)12-23-13-17(11-21(23)24)22(25)27-14-19-10-16-4-2-3-5-20(16)28-19/h2-10,17H,11-14H2,1H3. The average molecular weight is 379 g/mol. The summed E-state index contributed by atoms with van der Waals surface area (Å²) in [5.74, 6) is 0.500. The Morgan fingerprint density at radius 1 is 1.18 bits per heavy atom. The van der Waals surface area contributed by atoms with Gasteiger partial charge < -0.3 is 18.8 Å². The number of benzene rings is 2. The zero-order valence-corrected chi connectivity index (χ0v) is 15.6. The van der Waals surface area contributed by atoms with Gasteiger partial charge in [-0.2, -0.15) is 0 Å². The van der Waals surface area contributed by atoms with Gasteiger partial charge in [0.05, 0.1) is 13.0 Å². The van der Waals surface area contributed by atoms with Gasteiger partial charge in [-0.05, 0) is 29.8 Å². The molecule has 0 saturated carbocycles. The van der Waals surface area contributed by atoms with E-state index in [2.05, 4.69) is 0 Å². The molecule has 1 aliphatic heterocycles. The first kappa shape index (κ1) is 18.1. The third kappa shape index (κ3) is 3.86. The van der Waals surface area contributed by atoms with Gasteiger partial charge in [0, 0.05) is 24.9 Å². The summed E-state index contributed by atoms with van der Waals surface area (Å²) >= 11 is 0. The quantitative estimate of drug-likeness (QED) is 0.613. The largest absolute Gasteiger partial charge is 0.497 e. The Hall–Kier alpha value is -3.28. The number of likely N-dealkylation sites (tertiary alicyclic amines) is 1. The number of hydrogen-bond acceptors (Lipinski definition) is 5. The number of nitrogens with zero attached hydrogens (tertiary/aromatic N) is 1. The van der Waals surface area contributed by atoms with E-state index < -0.39 is 5.92 Å². The summed E-state index contributed by atoms with van der Waals surface area (Å²) in [6, 6.07) is 17.0. The molecule has 3 aromatic rings. The number of hydrogen-bond donors (Lipinski definition) is 0. The fourth-order valence-electron chi connectivity index (χ4n) is 3.40. The van der Waals surface area contributed by atoms with Crippen LogP contribution in [0.2, 0.25) is 0 Å². The van der Waals surface area contributed by atoms with Gasteiger partial charge >= 0.3 is 5.97 Å². The van der Waals surface area contributed by atoms with Crippen LogP contribution in [0.25, 0.3) is 11.0 Å². The molecule has 1 fully saturated rings. The molecule has 0 N–H and O–H groups in total. The number of methoxy groups -OCH3 is 1. The molecule has 1 unspecified atom stereocenters. The molecular formula is C22H21NO5. The smallest absolute Gasteiger partial charge is 0.311 e. The first-order chi connectivity index (χ1) is 13.6. The Morgan fingerprint density at radius 3 is 2.71 bits per heavy atom. The number of carbonyl (C=O) groups is 2. The molecule has 0 spiro atoms. The highest BCUT2D eigenvalue weighted by Crippen LogP contribution is 2.24. The topological polar surface area (TPSA) is 69.0 Å². The predicted octanol–water partition coefficient (Wildman–Crippen LogP) is 3.53. The Bertz CT molecular complexity index is 959. The van der Waals surface area contributed by atoms with E-state index in [1.807, 2.05) is 54.6 Å². The molecule has 2 aromatic carbocycles. The molecule has 1 aromatic heterocycles. The number of para-hydroxylation sites is 1. The van der Waals surface area contributed by atoms with Crippen LogP contribution in [-0.2, 0) is 27.5 Å². The lowest BCUT2D eigenvalue weighted by Crippen LogP contribution is -2.26. The van der Waals surface area contributed by atoms with Crippen LogP contribution in [0.1, 0.15) is 17.7 Å². The molecule has 0 radical (unpaired) electrons. The molecule has 0 aliphatic carbocycles. The van der Waals surface area contributed by atoms with E-state index in [-0.39, 0.29) is 24.9 Å². The summed E-state index contributed by atoms with van der Waals surface area (Å²) in [6.07, 6.45) is 0.176. The fourth-order valence-corrected chi connectivity index (χ4v) is 3.40. The summed E-state index contributed by atoms with van der Waals surface area (Å²) in [4.78, 5) is 26.4. The molecule has 2 heterocycles. The van der Waals surface area contributed by atoms with Gasteiger partial charge in [-0.1, -0.05) is 30.3 Å². The molecule has 4 rings (SSSR count). The average Bonchev–Trinajstić information content (AvgIpc) is 3.30. The Balaban J connectivity index is 1.32. The van der Waals surface area contributed by atoms with Crippen molar-refractivity contribution >= 4 is 22.8 Å². The lowest BCUT2D eigenvalue weighted by molar-refractivity contribution is -0.150. The third-order valence-electron chi connectivity index (χ3n) is 4.91. The number of esters is 1. The number of fused-ring (bicyclic) bond motifs is 1. The molecule has 1 saturated heterocycles. The second-order valence-electron chi connectivity index (χ2n) is 6.88. The first-order valence-corrected chi connectivity index (χ1v) is 9.17. The van der Waals surface area contributed by atoms with Gasteiger partial charge in [-0.15, -0.1) is 0 Å². The second kappa shape index (κ2) is 7.76. The molecule has 6 nitrogen and oxygen atoms in total. The lowest BCUT2D eigenvalue weighted by Gasteiger charge is -2.16. The molecule has 6 heteroatoms. The number of ether oxygens (including phenoxy) is 2. The lowest BCUT2D eigenvalue weighted by atomic mass is 10.1. The first-order valence-electron chi connectivity index (χ1n) is 9.17. The normalized spacial score (nSPS) is 16.5. The van der Waals surface area contributed by atoms with Crippen LogP contribution in [0.3, 0.4) is 0 Å². The maximum Gasteiger partial charge on any atom is 0.311 e. The molecule has 1 atom stereocenters. The summed E-state index contributed by atoms with van der Waals surface area (Å²) in [5, 5.41) is 0.968. The van der Waals surface area contributed by atoms with Gasteiger partial charge in [0.15, 0.2) is 0 Å². The van der Waals surface area contributed by atoms with Crippen molar-refractivity contribution in [3.63, 3.8) is 0 Å². The van der Waals surface area contributed by atoms with Gasteiger partial charge in [0.1, 0.15) is 23.7 Å². The maximum absolute atomic E-state index is 12.4. The SMILES string of the molecule is COc1ccc(CN2CC(C(=O)OCc3cc4ccccc4o3)CC2=O)cc1. The number of furan rings is 1. The van der Waals surface area contributed by atoms with Crippen molar-refractivity contribution in [2.45, 2.75) is 19.6 Å². The van der Waals surface area contributed by atoms with Crippen LogP contribution < -0.4 is 4.74 Å². The molecular weight excluding hydrogens is 358 g/mol. The van der Waals surface area contributed by atoms with Crippen molar-refractivity contribution in [1.29, 1.82) is 0 Å². The summed E-state index contributed by atoms with van der Waals surface area (Å²) in [5.41, 5.74) is 1.75. The van der Waals surface area contributed by atoms with Crippen LogP contribution in [0.5, 0.6) is 5.75 Å². The predicted molar refractivity (Wildman–Crippen MR) is 103 cm³/mol. The highest BCUT2D eigenvalue weighted by Gasteiger charge is 2.35. The van der Waals surface area contributed by atoms with Gasteiger partial charge in [-0.3, -0.25) is 9.59 Å². The van der Waals surface area contributed by atoms with Crippen molar-refractivity contribution in [2.24, 2.45) is 5.92 Å². The minimum absolute atomic E-state index is 0.0403. The van der Waals surface area contributed by atoms with Crippen LogP contribution >= 0.6 is 0 Å². The minimum Gasteiger partial charge on any atom is -0.497 e. The van der Waals surface area contributed by atoms with E-state index in [0.717, 1.165) is 22.3 Å². The molecule has 28 heavy (non-hydrogen) atoms. The van der Waals surface area contributed by atoms with Crippen molar-refractivity contribution in [1.82, 2.24) is 4.90 Å². The zero-order valence-electron chi connectivity index (χ0n) is 15.6. The summed E-state index contributed by atoms with van der Waals surface area (Å²) in [7, 11) is 1.61. The Kier molecular flexibility index (Phi) is 5.02. The molecule has 1 amide bonds. The van der Waals surface area contributed by atoms with E-state index >= 15 is 0 Å². The van der Waals surface area contributed by atoms with Crippen LogP contribution in [0.15, 0.2) is 59.0 Å². The van der Waals surface area contributed by atoms with E-state index in [1.165, 1.54) is 0 Å². The third-order valence-corrected chi connectivity index (χ3v) is 4.91. The fraction of sp³-hybridized carbons (Fsp3) is 0.273. The molecule has 1 aliphatic rings.